The number of nitrogens with two attached hydrogens (primary N) is 1. The van der Waals surface area contributed by atoms with Crippen LogP contribution in [0.1, 0.15) is 26.2 Å². The third-order valence-corrected chi connectivity index (χ3v) is 3.71. The van der Waals surface area contributed by atoms with E-state index in [2.05, 4.69) is 12.2 Å². The number of hydrogen-bond donors (Lipinski definition) is 2. The fourth-order valence-electron chi connectivity index (χ4n) is 1.84. The van der Waals surface area contributed by atoms with Crippen LogP contribution in [0.15, 0.2) is 18.2 Å². The van der Waals surface area contributed by atoms with E-state index in [9.17, 15) is 0 Å². The minimum atomic E-state index is 0.506. The van der Waals surface area contributed by atoms with Gasteiger partial charge < -0.3 is 11.1 Å². The minimum absolute atomic E-state index is 0.506. The lowest BCUT2D eigenvalue weighted by Crippen LogP contribution is -2.15. The number of hydrogen-bond acceptors (Lipinski definition) is 2. The van der Waals surface area contributed by atoms with Gasteiger partial charge in [-0.15, -0.1) is 0 Å². The predicted molar refractivity (Wildman–Crippen MR) is 66.3 cm³/mol. The van der Waals surface area contributed by atoms with E-state index >= 15 is 0 Å². The smallest absolute Gasteiger partial charge is 0.0763 e. The maximum atomic E-state index is 6.08. The van der Waals surface area contributed by atoms with Crippen LogP contribution in [0, 0.1) is 5.41 Å². The normalized spacial score (nSPS) is 17.5. The first-order valence-corrected chi connectivity index (χ1v) is 5.82. The maximum absolute atomic E-state index is 6.08. The molecular weight excluding hydrogens is 208 g/mol. The second kappa shape index (κ2) is 3.93. The Morgan fingerprint density at radius 1 is 1.47 bits per heavy atom. The van der Waals surface area contributed by atoms with Crippen LogP contribution < -0.4 is 11.1 Å². The van der Waals surface area contributed by atoms with Crippen molar-refractivity contribution < 1.29 is 0 Å². The fourth-order valence-corrected chi connectivity index (χ4v) is 2.08. The van der Waals surface area contributed by atoms with Gasteiger partial charge in [-0.25, -0.2) is 0 Å². The molecule has 1 aromatic carbocycles. The summed E-state index contributed by atoms with van der Waals surface area (Å²) in [6.45, 7) is 3.22. The molecule has 0 atom stereocenters. The Kier molecular flexibility index (Phi) is 2.79. The number of anilines is 2. The first-order valence-electron chi connectivity index (χ1n) is 5.45. The molecule has 3 heteroatoms. The molecule has 0 aliphatic heterocycles. The van der Waals surface area contributed by atoms with Gasteiger partial charge >= 0.3 is 0 Å². The molecule has 2 nitrogen and oxygen atoms in total. The average molecular weight is 225 g/mol. The summed E-state index contributed by atoms with van der Waals surface area (Å²) in [5.74, 6) is 0. The van der Waals surface area contributed by atoms with E-state index in [0.29, 0.717) is 10.4 Å². The van der Waals surface area contributed by atoms with Crippen LogP contribution in [0.4, 0.5) is 11.4 Å². The van der Waals surface area contributed by atoms with Crippen LogP contribution in [0.3, 0.4) is 0 Å². The Labute approximate surface area is 95.8 Å². The summed E-state index contributed by atoms with van der Waals surface area (Å²) in [4.78, 5) is 0. The van der Waals surface area contributed by atoms with Crippen LogP contribution in [-0.4, -0.2) is 6.54 Å². The van der Waals surface area contributed by atoms with Crippen LogP contribution in [-0.2, 0) is 0 Å². The molecule has 15 heavy (non-hydrogen) atoms. The molecule has 0 heterocycles. The van der Waals surface area contributed by atoms with E-state index in [-0.39, 0.29) is 0 Å². The van der Waals surface area contributed by atoms with Gasteiger partial charge in [0, 0.05) is 6.54 Å². The van der Waals surface area contributed by atoms with Crippen molar-refractivity contribution in [1.29, 1.82) is 0 Å². The first-order chi connectivity index (χ1) is 7.17. The Morgan fingerprint density at radius 3 is 2.73 bits per heavy atom. The van der Waals surface area contributed by atoms with E-state index in [0.717, 1.165) is 17.9 Å². The quantitative estimate of drug-likeness (QED) is 0.768. The molecule has 0 spiro atoms. The van der Waals surface area contributed by atoms with Crippen molar-refractivity contribution in [3.05, 3.63) is 23.2 Å². The van der Waals surface area contributed by atoms with E-state index in [1.807, 2.05) is 18.2 Å². The summed E-state index contributed by atoms with van der Waals surface area (Å²) in [6, 6.07) is 5.61. The van der Waals surface area contributed by atoms with Gasteiger partial charge in [-0.3, -0.25) is 0 Å². The molecule has 0 saturated heterocycles. The van der Waals surface area contributed by atoms with E-state index in [1.165, 1.54) is 19.3 Å². The third-order valence-electron chi connectivity index (χ3n) is 3.39. The van der Waals surface area contributed by atoms with Crippen molar-refractivity contribution in [2.24, 2.45) is 5.41 Å². The SMILES string of the molecule is CCC1(CNc2c(N)cccc2Cl)CC1. The number of nitrogen functional groups attached to an aromatic ring is 1. The van der Waals surface area contributed by atoms with E-state index in [4.69, 9.17) is 17.3 Å². The zero-order valence-corrected chi connectivity index (χ0v) is 9.77. The zero-order chi connectivity index (χ0) is 10.9. The van der Waals surface area contributed by atoms with Gasteiger partial charge in [0.2, 0.25) is 0 Å². The van der Waals surface area contributed by atoms with Crippen LogP contribution in [0.25, 0.3) is 0 Å². The van der Waals surface area contributed by atoms with Crippen molar-refractivity contribution >= 4 is 23.0 Å². The van der Waals surface area contributed by atoms with Crippen molar-refractivity contribution in [2.75, 3.05) is 17.6 Å². The summed E-state index contributed by atoms with van der Waals surface area (Å²) in [5.41, 5.74) is 7.99. The lowest BCUT2D eigenvalue weighted by atomic mass is 10.0. The average Bonchev–Trinajstić information content (AvgIpc) is 2.98. The lowest BCUT2D eigenvalue weighted by molar-refractivity contribution is 0.521. The summed E-state index contributed by atoms with van der Waals surface area (Å²) in [6.07, 6.45) is 3.87. The summed E-state index contributed by atoms with van der Waals surface area (Å²) in [7, 11) is 0. The molecule has 0 amide bonds. The van der Waals surface area contributed by atoms with E-state index < -0.39 is 0 Å². The summed E-state index contributed by atoms with van der Waals surface area (Å²) >= 11 is 6.08. The molecule has 2 rings (SSSR count). The summed E-state index contributed by atoms with van der Waals surface area (Å²) in [5, 5.41) is 4.09. The molecule has 1 aromatic rings. The maximum Gasteiger partial charge on any atom is 0.0763 e. The van der Waals surface area contributed by atoms with Gasteiger partial charge in [-0.1, -0.05) is 24.6 Å². The fraction of sp³-hybridized carbons (Fsp3) is 0.500. The highest BCUT2D eigenvalue weighted by molar-refractivity contribution is 6.33. The number of nitrogens with one attached hydrogen (secondary N) is 1. The predicted octanol–water partition coefficient (Wildman–Crippen LogP) is 3.52. The van der Waals surface area contributed by atoms with E-state index in [1.54, 1.807) is 0 Å². The largest absolute Gasteiger partial charge is 0.397 e. The first kappa shape index (κ1) is 10.6. The van der Waals surface area contributed by atoms with Crippen molar-refractivity contribution in [3.63, 3.8) is 0 Å². The molecule has 1 saturated carbocycles. The van der Waals surface area contributed by atoms with Gasteiger partial charge in [0.15, 0.2) is 0 Å². The Hall–Kier alpha value is -0.890. The van der Waals surface area contributed by atoms with Gasteiger partial charge in [0.05, 0.1) is 16.4 Å². The summed E-state index contributed by atoms with van der Waals surface area (Å²) < 4.78 is 0. The van der Waals surface area contributed by atoms with Gasteiger partial charge in [0.25, 0.3) is 0 Å². The van der Waals surface area contributed by atoms with Gasteiger partial charge in [-0.05, 0) is 36.8 Å². The number of para-hydroxylation sites is 1. The molecular formula is C12H17ClN2. The molecule has 1 fully saturated rings. The lowest BCUT2D eigenvalue weighted by Gasteiger charge is -2.16. The molecule has 3 N–H and O–H groups in total. The highest BCUT2D eigenvalue weighted by Crippen LogP contribution is 2.48. The molecule has 0 bridgehead atoms. The number of benzene rings is 1. The van der Waals surface area contributed by atoms with Crippen LogP contribution in [0.2, 0.25) is 5.02 Å². The van der Waals surface area contributed by atoms with Crippen molar-refractivity contribution in [3.8, 4) is 0 Å². The van der Waals surface area contributed by atoms with Crippen LogP contribution >= 0.6 is 11.6 Å². The molecule has 1 aliphatic carbocycles. The second-order valence-electron chi connectivity index (χ2n) is 4.41. The number of rotatable bonds is 4. The third kappa shape index (κ3) is 2.20. The molecule has 82 valence electrons. The van der Waals surface area contributed by atoms with Crippen LogP contribution in [0.5, 0.6) is 0 Å². The minimum Gasteiger partial charge on any atom is -0.397 e. The second-order valence-corrected chi connectivity index (χ2v) is 4.82. The standard InChI is InChI=1S/C12H17ClN2/c1-2-12(6-7-12)8-15-11-9(13)4-3-5-10(11)14/h3-5,15H,2,6-8,14H2,1H3. The molecule has 0 radical (unpaired) electrons. The molecule has 0 unspecified atom stereocenters. The Bertz CT molecular complexity index is 338. The molecule has 0 aromatic heterocycles. The van der Waals surface area contributed by atoms with Crippen molar-refractivity contribution in [2.45, 2.75) is 26.2 Å². The Morgan fingerprint density at radius 2 is 2.20 bits per heavy atom. The van der Waals surface area contributed by atoms with Gasteiger partial charge in [0.1, 0.15) is 0 Å². The Balaban J connectivity index is 2.05. The van der Waals surface area contributed by atoms with Gasteiger partial charge in [-0.2, -0.15) is 0 Å². The highest BCUT2D eigenvalue weighted by Gasteiger charge is 2.40. The molecule has 1 aliphatic rings. The zero-order valence-electron chi connectivity index (χ0n) is 9.02. The number of halogens is 1. The topological polar surface area (TPSA) is 38.0 Å². The highest BCUT2D eigenvalue weighted by atomic mass is 35.5. The van der Waals surface area contributed by atoms with Crippen molar-refractivity contribution in [1.82, 2.24) is 0 Å². The monoisotopic (exact) mass is 224 g/mol.